The fourth-order valence-corrected chi connectivity index (χ4v) is 2.15. The Balaban J connectivity index is 2.08. The Labute approximate surface area is 115 Å². The van der Waals surface area contributed by atoms with Gasteiger partial charge in [-0.2, -0.15) is 5.10 Å². The molecule has 0 spiro atoms. The molecule has 0 aliphatic carbocycles. The largest absolute Gasteiger partial charge is 0.312 e. The van der Waals surface area contributed by atoms with Gasteiger partial charge in [-0.1, -0.05) is 24.3 Å². The fraction of sp³-hybridized carbons (Fsp3) is 0.312. The van der Waals surface area contributed by atoms with Crippen LogP contribution in [0.25, 0.3) is 5.69 Å². The number of nitrogens with zero attached hydrogens (tertiary/aromatic N) is 2. The van der Waals surface area contributed by atoms with Crippen LogP contribution in [0.15, 0.2) is 55.3 Å². The summed E-state index contributed by atoms with van der Waals surface area (Å²) >= 11 is 0. The van der Waals surface area contributed by atoms with Gasteiger partial charge in [-0.25, -0.2) is 4.68 Å². The molecule has 19 heavy (non-hydrogen) atoms. The minimum absolute atomic E-state index is 0.310. The Morgan fingerprint density at radius 3 is 2.79 bits per heavy atom. The molecular weight excluding hydrogens is 234 g/mol. The average Bonchev–Trinajstić information content (AvgIpc) is 2.94. The zero-order chi connectivity index (χ0) is 13.5. The standard InChI is InChI=1S/C16H21N3/c1-3-4-6-11-15(17-2)16-12-13-19(18-16)14-9-7-5-8-10-14/h3,5,7-10,12-13,15,17H,1,4,6,11H2,2H3. The van der Waals surface area contributed by atoms with Crippen LogP contribution in [0.5, 0.6) is 0 Å². The number of aromatic nitrogens is 2. The first-order chi connectivity index (χ1) is 9.35. The third-order valence-corrected chi connectivity index (χ3v) is 3.24. The van der Waals surface area contributed by atoms with Crippen molar-refractivity contribution < 1.29 is 0 Å². The Bertz CT molecular complexity index is 502. The van der Waals surface area contributed by atoms with Gasteiger partial charge in [-0.05, 0) is 44.5 Å². The number of nitrogens with one attached hydrogen (secondary N) is 1. The summed E-state index contributed by atoms with van der Waals surface area (Å²) in [7, 11) is 1.99. The predicted octanol–water partition coefficient (Wildman–Crippen LogP) is 3.49. The molecule has 1 aromatic heterocycles. The van der Waals surface area contributed by atoms with Crippen LogP contribution in [-0.4, -0.2) is 16.8 Å². The molecule has 1 atom stereocenters. The summed E-state index contributed by atoms with van der Waals surface area (Å²) in [5, 5.41) is 7.99. The molecule has 0 radical (unpaired) electrons. The predicted molar refractivity (Wildman–Crippen MR) is 79.4 cm³/mol. The fourth-order valence-electron chi connectivity index (χ4n) is 2.15. The van der Waals surface area contributed by atoms with Gasteiger partial charge in [-0.15, -0.1) is 6.58 Å². The van der Waals surface area contributed by atoms with Crippen LogP contribution in [0.3, 0.4) is 0 Å². The topological polar surface area (TPSA) is 29.9 Å². The summed E-state index contributed by atoms with van der Waals surface area (Å²) in [5.41, 5.74) is 2.19. The first-order valence-corrected chi connectivity index (χ1v) is 6.74. The van der Waals surface area contributed by atoms with Crippen LogP contribution in [-0.2, 0) is 0 Å². The molecule has 1 heterocycles. The van der Waals surface area contributed by atoms with Gasteiger partial charge in [0, 0.05) is 6.20 Å². The Hall–Kier alpha value is -1.87. The number of hydrogen-bond donors (Lipinski definition) is 1. The third kappa shape index (κ3) is 3.55. The molecule has 1 unspecified atom stereocenters. The van der Waals surface area contributed by atoms with E-state index < -0.39 is 0 Å². The molecule has 3 heteroatoms. The van der Waals surface area contributed by atoms with Gasteiger partial charge in [0.15, 0.2) is 0 Å². The number of rotatable bonds is 7. The molecule has 0 saturated carbocycles. The average molecular weight is 255 g/mol. The van der Waals surface area contributed by atoms with E-state index in [1.165, 1.54) is 0 Å². The van der Waals surface area contributed by atoms with Gasteiger partial charge in [0.1, 0.15) is 0 Å². The van der Waals surface area contributed by atoms with Crippen molar-refractivity contribution in [1.29, 1.82) is 0 Å². The van der Waals surface area contributed by atoms with Crippen LogP contribution in [0.4, 0.5) is 0 Å². The Morgan fingerprint density at radius 1 is 1.32 bits per heavy atom. The van der Waals surface area contributed by atoms with Crippen LogP contribution in [0.1, 0.15) is 31.0 Å². The van der Waals surface area contributed by atoms with Crippen LogP contribution in [0, 0.1) is 0 Å². The Morgan fingerprint density at radius 2 is 2.11 bits per heavy atom. The van der Waals surface area contributed by atoms with E-state index in [0.717, 1.165) is 30.6 Å². The van der Waals surface area contributed by atoms with E-state index in [9.17, 15) is 0 Å². The van der Waals surface area contributed by atoms with Gasteiger partial charge >= 0.3 is 0 Å². The minimum Gasteiger partial charge on any atom is -0.312 e. The first kappa shape index (κ1) is 13.6. The molecule has 0 aliphatic rings. The van der Waals surface area contributed by atoms with E-state index in [2.05, 4.69) is 35.2 Å². The van der Waals surface area contributed by atoms with E-state index in [4.69, 9.17) is 0 Å². The summed E-state index contributed by atoms with van der Waals surface area (Å²) in [6, 6.07) is 12.6. The second-order valence-corrected chi connectivity index (χ2v) is 4.58. The molecule has 100 valence electrons. The highest BCUT2D eigenvalue weighted by Crippen LogP contribution is 2.18. The van der Waals surface area contributed by atoms with Gasteiger partial charge in [0.05, 0.1) is 17.4 Å². The number of para-hydroxylation sites is 1. The second-order valence-electron chi connectivity index (χ2n) is 4.58. The lowest BCUT2D eigenvalue weighted by Gasteiger charge is -2.12. The lowest BCUT2D eigenvalue weighted by molar-refractivity contribution is 0.514. The van der Waals surface area contributed by atoms with Crippen molar-refractivity contribution in [3.8, 4) is 5.69 Å². The third-order valence-electron chi connectivity index (χ3n) is 3.24. The van der Waals surface area contributed by atoms with Gasteiger partial charge < -0.3 is 5.32 Å². The summed E-state index contributed by atoms with van der Waals surface area (Å²) < 4.78 is 1.92. The van der Waals surface area contributed by atoms with Crippen LogP contribution in [0.2, 0.25) is 0 Å². The summed E-state index contributed by atoms with van der Waals surface area (Å²) in [4.78, 5) is 0. The van der Waals surface area contributed by atoms with Crippen molar-refractivity contribution in [2.45, 2.75) is 25.3 Å². The summed E-state index contributed by atoms with van der Waals surface area (Å²) in [5.74, 6) is 0. The second kappa shape index (κ2) is 6.90. The monoisotopic (exact) mass is 255 g/mol. The van der Waals surface area contributed by atoms with Crippen molar-refractivity contribution in [2.75, 3.05) is 7.05 Å². The van der Waals surface area contributed by atoms with E-state index >= 15 is 0 Å². The smallest absolute Gasteiger partial charge is 0.0798 e. The summed E-state index contributed by atoms with van der Waals surface area (Å²) in [6.07, 6.45) is 7.25. The quantitative estimate of drug-likeness (QED) is 0.606. The number of allylic oxidation sites excluding steroid dienone is 1. The molecule has 1 aromatic carbocycles. The number of hydrogen-bond acceptors (Lipinski definition) is 2. The molecule has 0 amide bonds. The maximum atomic E-state index is 4.66. The van der Waals surface area contributed by atoms with Crippen LogP contribution >= 0.6 is 0 Å². The van der Waals surface area contributed by atoms with Gasteiger partial charge in [0.25, 0.3) is 0 Å². The van der Waals surface area contributed by atoms with E-state index in [1.807, 2.05) is 42.2 Å². The lowest BCUT2D eigenvalue weighted by atomic mass is 10.1. The van der Waals surface area contributed by atoms with Crippen molar-refractivity contribution >= 4 is 0 Å². The molecule has 0 fully saturated rings. The maximum absolute atomic E-state index is 4.66. The van der Waals surface area contributed by atoms with Crippen molar-refractivity contribution in [1.82, 2.24) is 15.1 Å². The summed E-state index contributed by atoms with van der Waals surface area (Å²) in [6.45, 7) is 3.76. The highest BCUT2D eigenvalue weighted by molar-refractivity contribution is 5.30. The van der Waals surface area contributed by atoms with Gasteiger partial charge in [0.2, 0.25) is 0 Å². The SMILES string of the molecule is C=CCCCC(NC)c1ccn(-c2ccccc2)n1. The highest BCUT2D eigenvalue weighted by Gasteiger charge is 2.12. The maximum Gasteiger partial charge on any atom is 0.0798 e. The van der Waals surface area contributed by atoms with Crippen LogP contribution < -0.4 is 5.32 Å². The molecule has 0 saturated heterocycles. The Kier molecular flexibility index (Phi) is 4.93. The molecule has 2 rings (SSSR count). The first-order valence-electron chi connectivity index (χ1n) is 6.74. The zero-order valence-electron chi connectivity index (χ0n) is 11.4. The zero-order valence-corrected chi connectivity index (χ0v) is 11.4. The molecule has 0 bridgehead atoms. The van der Waals surface area contributed by atoms with Crippen molar-refractivity contribution in [3.05, 3.63) is 60.9 Å². The minimum atomic E-state index is 0.310. The molecule has 0 aliphatic heterocycles. The molecular formula is C16H21N3. The number of benzene rings is 1. The van der Waals surface area contributed by atoms with E-state index in [-0.39, 0.29) is 0 Å². The number of unbranched alkanes of at least 4 members (excludes halogenated alkanes) is 1. The molecule has 1 N–H and O–H groups in total. The van der Waals surface area contributed by atoms with Crippen molar-refractivity contribution in [2.24, 2.45) is 0 Å². The van der Waals surface area contributed by atoms with E-state index in [0.29, 0.717) is 6.04 Å². The van der Waals surface area contributed by atoms with E-state index in [1.54, 1.807) is 0 Å². The van der Waals surface area contributed by atoms with Crippen molar-refractivity contribution in [3.63, 3.8) is 0 Å². The van der Waals surface area contributed by atoms with Gasteiger partial charge in [-0.3, -0.25) is 0 Å². The normalized spacial score (nSPS) is 12.3. The lowest BCUT2D eigenvalue weighted by Crippen LogP contribution is -2.17. The molecule has 3 nitrogen and oxygen atoms in total. The highest BCUT2D eigenvalue weighted by atomic mass is 15.3. The molecule has 2 aromatic rings.